The molecule has 0 saturated carbocycles. The van der Waals surface area contributed by atoms with E-state index < -0.39 is 55.9 Å². The van der Waals surface area contributed by atoms with Crippen molar-refractivity contribution in [1.29, 1.82) is 0 Å². The van der Waals surface area contributed by atoms with Crippen LogP contribution in [0.25, 0.3) is 0 Å². The van der Waals surface area contributed by atoms with E-state index in [1.807, 2.05) is 4.72 Å². The van der Waals surface area contributed by atoms with E-state index in [1.165, 1.54) is 6.92 Å². The number of halogens is 3. The number of benzene rings is 2. The van der Waals surface area contributed by atoms with E-state index in [4.69, 9.17) is 0 Å². The summed E-state index contributed by atoms with van der Waals surface area (Å²) in [5.41, 5.74) is -0.813. The fourth-order valence-electron chi connectivity index (χ4n) is 2.14. The molecule has 0 bridgehead atoms. The first-order chi connectivity index (χ1) is 13.0. The van der Waals surface area contributed by atoms with Crippen LogP contribution in [0.4, 0.5) is 18.9 Å². The molecule has 0 radical (unpaired) electrons. The minimum absolute atomic E-state index is 0.158. The summed E-state index contributed by atoms with van der Waals surface area (Å²) in [4.78, 5) is 23.1. The van der Waals surface area contributed by atoms with Crippen LogP contribution in [0.3, 0.4) is 0 Å². The second-order valence-corrected chi connectivity index (χ2v) is 7.30. The normalized spacial score (nSPS) is 12.3. The molecule has 0 aliphatic carbocycles. The Hall–Kier alpha value is -2.92. The maximum Gasteiger partial charge on any atom is 0.323 e. The van der Waals surface area contributed by atoms with E-state index in [9.17, 15) is 31.2 Å². The lowest BCUT2D eigenvalue weighted by molar-refractivity contribution is -0.142. The molecule has 0 aliphatic rings. The number of hydrogen-bond acceptors (Lipinski definition) is 5. The topological polar surface area (TPSA) is 102 Å². The van der Waals surface area contributed by atoms with Gasteiger partial charge in [0, 0.05) is 11.8 Å². The zero-order valence-electron chi connectivity index (χ0n) is 14.6. The van der Waals surface area contributed by atoms with Crippen LogP contribution in [0.2, 0.25) is 0 Å². The lowest BCUT2D eigenvalue weighted by Gasteiger charge is -2.13. The van der Waals surface area contributed by atoms with Crippen molar-refractivity contribution in [2.24, 2.45) is 0 Å². The highest BCUT2D eigenvalue weighted by Gasteiger charge is 2.24. The summed E-state index contributed by atoms with van der Waals surface area (Å²) in [5, 5.41) is 2.14. The SMILES string of the molecule is COC(=O)C(C)NS(=O)(=O)c1ccc(F)c(C(=O)Nc2ccc(F)c(F)c2)c1. The highest BCUT2D eigenvalue weighted by molar-refractivity contribution is 7.89. The third kappa shape index (κ3) is 4.87. The molecule has 28 heavy (non-hydrogen) atoms. The van der Waals surface area contributed by atoms with E-state index in [-0.39, 0.29) is 5.69 Å². The van der Waals surface area contributed by atoms with Crippen molar-refractivity contribution in [3.8, 4) is 0 Å². The number of carbonyl (C=O) groups is 2. The second-order valence-electron chi connectivity index (χ2n) is 5.59. The number of esters is 1. The maximum absolute atomic E-state index is 14.0. The number of sulfonamides is 1. The van der Waals surface area contributed by atoms with Gasteiger partial charge in [-0.2, -0.15) is 4.72 Å². The Kier molecular flexibility index (Phi) is 6.41. The fraction of sp³-hybridized carbons (Fsp3) is 0.176. The number of amides is 1. The minimum atomic E-state index is -4.28. The summed E-state index contributed by atoms with van der Waals surface area (Å²) >= 11 is 0. The fourth-order valence-corrected chi connectivity index (χ4v) is 3.36. The molecule has 150 valence electrons. The number of nitrogens with one attached hydrogen (secondary N) is 2. The first kappa shape index (κ1) is 21.4. The second kappa shape index (κ2) is 8.40. The van der Waals surface area contributed by atoms with E-state index in [0.29, 0.717) is 6.07 Å². The lowest BCUT2D eigenvalue weighted by atomic mass is 10.2. The highest BCUT2D eigenvalue weighted by atomic mass is 32.2. The van der Waals surface area contributed by atoms with Gasteiger partial charge in [-0.3, -0.25) is 9.59 Å². The summed E-state index contributed by atoms with van der Waals surface area (Å²) in [5.74, 6) is -5.33. The number of hydrogen-bond donors (Lipinski definition) is 2. The quantitative estimate of drug-likeness (QED) is 0.703. The summed E-state index contributed by atoms with van der Waals surface area (Å²) in [6.07, 6.45) is 0. The van der Waals surface area contributed by atoms with Gasteiger partial charge in [-0.15, -0.1) is 0 Å². The van der Waals surface area contributed by atoms with Crippen molar-refractivity contribution < 1.29 is 35.9 Å². The summed E-state index contributed by atoms with van der Waals surface area (Å²) < 4.78 is 71.3. The van der Waals surface area contributed by atoms with Gasteiger partial charge in [-0.05, 0) is 37.3 Å². The molecule has 0 saturated heterocycles. The molecule has 0 aliphatic heterocycles. The van der Waals surface area contributed by atoms with Gasteiger partial charge in [-0.1, -0.05) is 0 Å². The van der Waals surface area contributed by atoms with Crippen molar-refractivity contribution in [2.75, 3.05) is 12.4 Å². The van der Waals surface area contributed by atoms with Crippen LogP contribution in [-0.4, -0.2) is 33.4 Å². The average Bonchev–Trinajstić information content (AvgIpc) is 2.63. The van der Waals surface area contributed by atoms with Gasteiger partial charge >= 0.3 is 5.97 Å². The summed E-state index contributed by atoms with van der Waals surface area (Å²) in [6, 6.07) is 3.67. The molecule has 1 amide bonds. The molecule has 0 spiro atoms. The highest BCUT2D eigenvalue weighted by Crippen LogP contribution is 2.19. The van der Waals surface area contributed by atoms with E-state index in [0.717, 1.165) is 37.4 Å². The molecule has 2 N–H and O–H groups in total. The Morgan fingerprint density at radius 3 is 2.25 bits per heavy atom. The largest absolute Gasteiger partial charge is 0.468 e. The molecule has 7 nitrogen and oxygen atoms in total. The molecule has 0 heterocycles. The molecule has 11 heteroatoms. The summed E-state index contributed by atoms with van der Waals surface area (Å²) in [6.45, 7) is 1.24. The average molecular weight is 416 g/mol. The van der Waals surface area contributed by atoms with E-state index in [1.54, 1.807) is 0 Å². The standard InChI is InChI=1S/C17H15F3N2O5S/c1-9(17(24)27-2)22-28(25,26)11-4-6-13(18)12(8-11)16(23)21-10-3-5-14(19)15(20)7-10/h3-9,22H,1-2H3,(H,21,23). The number of methoxy groups -OCH3 is 1. The molecular weight excluding hydrogens is 401 g/mol. The van der Waals surface area contributed by atoms with Gasteiger partial charge in [0.1, 0.15) is 11.9 Å². The van der Waals surface area contributed by atoms with Crippen molar-refractivity contribution in [1.82, 2.24) is 4.72 Å². The Morgan fingerprint density at radius 2 is 1.64 bits per heavy atom. The predicted molar refractivity (Wildman–Crippen MR) is 92.5 cm³/mol. The zero-order valence-corrected chi connectivity index (χ0v) is 15.4. The van der Waals surface area contributed by atoms with E-state index >= 15 is 0 Å². The van der Waals surface area contributed by atoms with Crippen molar-refractivity contribution >= 4 is 27.6 Å². The maximum atomic E-state index is 14.0. The Labute approximate surface area is 158 Å². The minimum Gasteiger partial charge on any atom is -0.468 e. The van der Waals surface area contributed by atoms with Gasteiger partial charge in [-0.25, -0.2) is 21.6 Å². The molecule has 0 fully saturated rings. The molecule has 1 atom stereocenters. The summed E-state index contributed by atoms with van der Waals surface area (Å²) in [7, 11) is -3.20. The Balaban J connectivity index is 2.30. The smallest absolute Gasteiger partial charge is 0.323 e. The number of carbonyl (C=O) groups excluding carboxylic acids is 2. The number of ether oxygens (including phenoxy) is 1. The van der Waals surface area contributed by atoms with Gasteiger partial charge in [0.05, 0.1) is 17.6 Å². The molecule has 2 rings (SSSR count). The monoisotopic (exact) mass is 416 g/mol. The molecular formula is C17H15F3N2O5S. The van der Waals surface area contributed by atoms with Crippen molar-refractivity contribution in [2.45, 2.75) is 17.9 Å². The number of rotatable bonds is 6. The molecule has 2 aromatic carbocycles. The zero-order chi connectivity index (χ0) is 21.1. The van der Waals surface area contributed by atoms with Crippen molar-refractivity contribution in [3.05, 3.63) is 59.4 Å². The van der Waals surface area contributed by atoms with Crippen LogP contribution in [-0.2, 0) is 19.6 Å². The van der Waals surface area contributed by atoms with E-state index in [2.05, 4.69) is 10.1 Å². The van der Waals surface area contributed by atoms with Gasteiger partial charge in [0.25, 0.3) is 5.91 Å². The van der Waals surface area contributed by atoms with Gasteiger partial charge < -0.3 is 10.1 Å². The molecule has 1 unspecified atom stereocenters. The van der Waals surface area contributed by atoms with Gasteiger partial charge in [0.2, 0.25) is 10.0 Å². The first-order valence-electron chi connectivity index (χ1n) is 7.71. The van der Waals surface area contributed by atoms with Gasteiger partial charge in [0.15, 0.2) is 11.6 Å². The number of anilines is 1. The third-order valence-electron chi connectivity index (χ3n) is 3.56. The van der Waals surface area contributed by atoms with Crippen molar-refractivity contribution in [3.63, 3.8) is 0 Å². The predicted octanol–water partition coefficient (Wildman–Crippen LogP) is 2.20. The van der Waals surface area contributed by atoms with Crippen LogP contribution in [0.1, 0.15) is 17.3 Å². The first-order valence-corrected chi connectivity index (χ1v) is 9.19. The van der Waals surface area contributed by atoms with Crippen LogP contribution >= 0.6 is 0 Å². The van der Waals surface area contributed by atoms with Crippen LogP contribution in [0.15, 0.2) is 41.3 Å². The Bertz CT molecular complexity index is 1030. The molecule has 0 aromatic heterocycles. The lowest BCUT2D eigenvalue weighted by Crippen LogP contribution is -2.39. The van der Waals surface area contributed by atoms with Crippen LogP contribution < -0.4 is 10.0 Å². The third-order valence-corrected chi connectivity index (χ3v) is 5.10. The van der Waals surface area contributed by atoms with Crippen LogP contribution in [0, 0.1) is 17.5 Å². The van der Waals surface area contributed by atoms with Crippen LogP contribution in [0.5, 0.6) is 0 Å². The Morgan fingerprint density at radius 1 is 1.00 bits per heavy atom. The molecule has 2 aromatic rings.